The van der Waals surface area contributed by atoms with Crippen molar-refractivity contribution in [2.75, 3.05) is 0 Å². The van der Waals surface area contributed by atoms with E-state index in [0.717, 1.165) is 11.1 Å². The van der Waals surface area contributed by atoms with Gasteiger partial charge in [-0.3, -0.25) is 0 Å². The molecule has 0 aliphatic carbocycles. The molecule has 1 heterocycles. The van der Waals surface area contributed by atoms with E-state index in [1.165, 1.54) is 16.8 Å². The average Bonchev–Trinajstić information content (AvgIpc) is 2.97. The van der Waals surface area contributed by atoms with Crippen LogP contribution < -0.4 is 0 Å². The van der Waals surface area contributed by atoms with Gasteiger partial charge < -0.3 is 0 Å². The first-order valence-corrected chi connectivity index (χ1v) is 9.30. The second-order valence-electron chi connectivity index (χ2n) is 5.69. The SMILES string of the molecule is Cc1ccccc1CS(=O)(=O)Cc1ccn(-c2cccc(F)c2)n1. The first kappa shape index (κ1) is 16.4. The van der Waals surface area contributed by atoms with Crippen LogP contribution in [-0.4, -0.2) is 18.2 Å². The lowest BCUT2D eigenvalue weighted by Crippen LogP contribution is -2.09. The van der Waals surface area contributed by atoms with Gasteiger partial charge in [0.25, 0.3) is 0 Å². The quantitative estimate of drug-likeness (QED) is 0.712. The zero-order valence-electron chi connectivity index (χ0n) is 13.2. The summed E-state index contributed by atoms with van der Waals surface area (Å²) >= 11 is 0. The molecule has 0 aliphatic rings. The molecule has 124 valence electrons. The van der Waals surface area contributed by atoms with Gasteiger partial charge in [-0.05, 0) is 42.3 Å². The van der Waals surface area contributed by atoms with Gasteiger partial charge in [-0.15, -0.1) is 0 Å². The lowest BCUT2D eigenvalue weighted by molar-refractivity contribution is 0.593. The van der Waals surface area contributed by atoms with E-state index in [0.29, 0.717) is 11.4 Å². The van der Waals surface area contributed by atoms with Crippen LogP contribution in [0.2, 0.25) is 0 Å². The third-order valence-corrected chi connectivity index (χ3v) is 5.21. The maximum absolute atomic E-state index is 13.3. The van der Waals surface area contributed by atoms with Crippen LogP contribution in [0.3, 0.4) is 0 Å². The summed E-state index contributed by atoms with van der Waals surface area (Å²) in [5.74, 6) is -0.535. The number of benzene rings is 2. The Morgan fingerprint density at radius 3 is 2.58 bits per heavy atom. The smallest absolute Gasteiger partial charge is 0.160 e. The van der Waals surface area contributed by atoms with Gasteiger partial charge >= 0.3 is 0 Å². The molecular weight excluding hydrogens is 327 g/mol. The standard InChI is InChI=1S/C18H17FN2O2S/c1-14-5-2-3-6-15(14)12-24(22,23)13-17-9-10-21(20-17)18-8-4-7-16(19)11-18/h2-11H,12-13H2,1H3. The van der Waals surface area contributed by atoms with Gasteiger partial charge in [0.1, 0.15) is 5.82 Å². The summed E-state index contributed by atoms with van der Waals surface area (Å²) in [6.07, 6.45) is 1.63. The van der Waals surface area contributed by atoms with E-state index in [-0.39, 0.29) is 17.3 Å². The summed E-state index contributed by atoms with van der Waals surface area (Å²) in [4.78, 5) is 0. The lowest BCUT2D eigenvalue weighted by atomic mass is 10.1. The van der Waals surface area contributed by atoms with E-state index < -0.39 is 9.84 Å². The maximum atomic E-state index is 13.3. The number of hydrogen-bond donors (Lipinski definition) is 0. The number of sulfone groups is 1. The fourth-order valence-corrected chi connectivity index (χ4v) is 3.99. The summed E-state index contributed by atoms with van der Waals surface area (Å²) < 4.78 is 39.6. The Balaban J connectivity index is 1.78. The predicted molar refractivity (Wildman–Crippen MR) is 91.0 cm³/mol. The van der Waals surface area contributed by atoms with Crippen molar-refractivity contribution in [2.45, 2.75) is 18.4 Å². The first-order valence-electron chi connectivity index (χ1n) is 7.48. The van der Waals surface area contributed by atoms with Crippen LogP contribution >= 0.6 is 0 Å². The molecule has 6 heteroatoms. The monoisotopic (exact) mass is 344 g/mol. The molecule has 4 nitrogen and oxygen atoms in total. The fourth-order valence-electron chi connectivity index (χ4n) is 2.49. The number of hydrogen-bond acceptors (Lipinski definition) is 3. The summed E-state index contributed by atoms with van der Waals surface area (Å²) in [7, 11) is -3.34. The highest BCUT2D eigenvalue weighted by Crippen LogP contribution is 2.16. The van der Waals surface area contributed by atoms with Crippen LogP contribution in [0, 0.1) is 12.7 Å². The van der Waals surface area contributed by atoms with Crippen molar-refractivity contribution in [3.63, 3.8) is 0 Å². The molecular formula is C18H17FN2O2S. The predicted octanol–water partition coefficient (Wildman–Crippen LogP) is 3.43. The third kappa shape index (κ3) is 3.89. The molecule has 3 aromatic rings. The molecule has 0 radical (unpaired) electrons. The molecule has 0 amide bonds. The molecule has 0 unspecified atom stereocenters. The molecule has 0 aliphatic heterocycles. The van der Waals surface area contributed by atoms with E-state index in [1.54, 1.807) is 24.4 Å². The van der Waals surface area contributed by atoms with Crippen molar-refractivity contribution in [3.05, 3.63) is 83.4 Å². The second kappa shape index (κ2) is 6.57. The highest BCUT2D eigenvalue weighted by molar-refractivity contribution is 7.89. The summed E-state index contributed by atoms with van der Waals surface area (Å²) in [5, 5.41) is 4.24. The number of rotatable bonds is 5. The van der Waals surface area contributed by atoms with Gasteiger partial charge in [0.05, 0.1) is 22.9 Å². The molecule has 0 fully saturated rings. The minimum absolute atomic E-state index is 0.0213. The third-order valence-electron chi connectivity index (χ3n) is 3.72. The number of aryl methyl sites for hydroxylation is 1. The normalized spacial score (nSPS) is 11.6. The van der Waals surface area contributed by atoms with E-state index in [9.17, 15) is 12.8 Å². The Kier molecular flexibility index (Phi) is 4.49. The van der Waals surface area contributed by atoms with E-state index in [4.69, 9.17) is 0 Å². The Bertz CT molecular complexity index is 964. The Morgan fingerprint density at radius 2 is 1.83 bits per heavy atom. The van der Waals surface area contributed by atoms with Gasteiger partial charge in [-0.1, -0.05) is 30.3 Å². The van der Waals surface area contributed by atoms with Gasteiger partial charge in [0.15, 0.2) is 9.84 Å². The van der Waals surface area contributed by atoms with Gasteiger partial charge in [-0.2, -0.15) is 5.10 Å². The van der Waals surface area contributed by atoms with Crippen molar-refractivity contribution < 1.29 is 12.8 Å². The van der Waals surface area contributed by atoms with Crippen LogP contribution in [0.5, 0.6) is 0 Å². The summed E-state index contributed by atoms with van der Waals surface area (Å²) in [5.41, 5.74) is 2.74. The van der Waals surface area contributed by atoms with Gasteiger partial charge in [0, 0.05) is 6.20 Å². The van der Waals surface area contributed by atoms with Crippen LogP contribution in [0.25, 0.3) is 5.69 Å². The van der Waals surface area contributed by atoms with Crippen molar-refractivity contribution in [1.29, 1.82) is 0 Å². The summed E-state index contributed by atoms with van der Waals surface area (Å²) in [6.45, 7) is 1.89. The van der Waals surface area contributed by atoms with E-state index in [2.05, 4.69) is 5.10 Å². The van der Waals surface area contributed by atoms with Crippen molar-refractivity contribution >= 4 is 9.84 Å². The molecule has 0 atom stereocenters. The first-order chi connectivity index (χ1) is 11.4. The highest BCUT2D eigenvalue weighted by atomic mass is 32.2. The fraction of sp³-hybridized carbons (Fsp3) is 0.167. The van der Waals surface area contributed by atoms with Crippen molar-refractivity contribution in [3.8, 4) is 5.69 Å². The highest BCUT2D eigenvalue weighted by Gasteiger charge is 2.16. The molecule has 0 N–H and O–H groups in total. The number of aromatic nitrogens is 2. The Hall–Kier alpha value is -2.47. The molecule has 24 heavy (non-hydrogen) atoms. The van der Waals surface area contributed by atoms with Gasteiger partial charge in [-0.25, -0.2) is 17.5 Å². The van der Waals surface area contributed by atoms with E-state index >= 15 is 0 Å². The van der Waals surface area contributed by atoms with Crippen LogP contribution in [-0.2, 0) is 21.3 Å². The van der Waals surface area contributed by atoms with Crippen molar-refractivity contribution in [2.24, 2.45) is 0 Å². The molecule has 1 aromatic heterocycles. The number of nitrogens with zero attached hydrogens (tertiary/aromatic N) is 2. The minimum atomic E-state index is -3.34. The van der Waals surface area contributed by atoms with E-state index in [1.807, 2.05) is 31.2 Å². The second-order valence-corrected chi connectivity index (χ2v) is 7.75. The molecule has 0 spiro atoms. The largest absolute Gasteiger partial charge is 0.241 e. The Labute approximate surface area is 140 Å². The zero-order chi connectivity index (χ0) is 17.2. The molecule has 0 saturated carbocycles. The maximum Gasteiger partial charge on any atom is 0.160 e. The number of halogens is 1. The van der Waals surface area contributed by atoms with Crippen LogP contribution in [0.15, 0.2) is 60.8 Å². The van der Waals surface area contributed by atoms with Crippen molar-refractivity contribution in [1.82, 2.24) is 9.78 Å². The summed E-state index contributed by atoms with van der Waals surface area (Å²) in [6, 6.07) is 15.0. The Morgan fingerprint density at radius 1 is 1.04 bits per heavy atom. The topological polar surface area (TPSA) is 52.0 Å². The van der Waals surface area contributed by atoms with Gasteiger partial charge in [0.2, 0.25) is 0 Å². The van der Waals surface area contributed by atoms with Crippen LogP contribution in [0.4, 0.5) is 4.39 Å². The molecule has 0 saturated heterocycles. The average molecular weight is 344 g/mol. The zero-order valence-corrected chi connectivity index (χ0v) is 14.0. The van der Waals surface area contributed by atoms with Crippen LogP contribution in [0.1, 0.15) is 16.8 Å². The molecule has 0 bridgehead atoms. The lowest BCUT2D eigenvalue weighted by Gasteiger charge is -2.06. The molecule has 3 rings (SSSR count). The molecule has 2 aromatic carbocycles. The minimum Gasteiger partial charge on any atom is -0.241 e.